The smallest absolute Gasteiger partial charge is 0.246 e. The molecular weight excluding hydrogens is 539 g/mol. The van der Waals surface area contributed by atoms with Crippen molar-refractivity contribution in [3.63, 3.8) is 0 Å². The van der Waals surface area contributed by atoms with E-state index in [1.54, 1.807) is 12.1 Å². The van der Waals surface area contributed by atoms with Gasteiger partial charge in [-0.3, -0.25) is 20.3 Å². The molecule has 6 unspecified atom stereocenters. The number of likely N-dealkylation sites (N-methyl/N-ethyl adjacent to an activating group) is 1. The average molecular weight is 583 g/mol. The summed E-state index contributed by atoms with van der Waals surface area (Å²) in [7, 11) is 2.18. The standard InChI is InChI=1S/C31H43FN6O2S/c1-3-28(39)38-14-13-37(18-24(38)9-11-33)29-26-8-10-31(16-21-6-7-23(32)15-22(21)20-41-31)17-27(26)34-30(35-29)40-19-25-5-4-12-36(25)2/h3,6-7,15,24-27,29-30,34-35H,1,4-5,8-10,12-14,16-20H2,2H3/t24?,25?,26?,27?,29?,30?,31-/m1/s1. The van der Waals surface area contributed by atoms with Gasteiger partial charge in [-0.25, -0.2) is 4.39 Å². The van der Waals surface area contributed by atoms with Gasteiger partial charge >= 0.3 is 0 Å². The number of ether oxygens (including phenoxy) is 1. The highest BCUT2D eigenvalue weighted by Crippen LogP contribution is 2.50. The number of carbonyl (C=O) groups is 1. The molecule has 41 heavy (non-hydrogen) atoms. The number of rotatable bonds is 6. The normalized spacial score (nSPS) is 36.0. The van der Waals surface area contributed by atoms with E-state index in [9.17, 15) is 14.4 Å². The first-order valence-electron chi connectivity index (χ1n) is 15.2. The number of halogens is 1. The molecule has 3 saturated heterocycles. The van der Waals surface area contributed by atoms with Gasteiger partial charge in [0.05, 0.1) is 31.3 Å². The zero-order valence-electron chi connectivity index (χ0n) is 24.1. The Labute approximate surface area is 247 Å². The van der Waals surface area contributed by atoms with Crippen molar-refractivity contribution >= 4 is 17.7 Å². The molecular formula is C31H43FN6O2S. The summed E-state index contributed by atoms with van der Waals surface area (Å²) in [6.07, 6.45) is 8.08. The Morgan fingerprint density at radius 1 is 1.27 bits per heavy atom. The summed E-state index contributed by atoms with van der Waals surface area (Å²) >= 11 is 2.00. The summed E-state index contributed by atoms with van der Waals surface area (Å²) in [5.74, 6) is 0.991. The minimum absolute atomic E-state index is 0.0991. The molecule has 2 N–H and O–H groups in total. The number of fused-ring (bicyclic) bond motifs is 2. The number of thioether (sulfide) groups is 1. The molecule has 1 aromatic rings. The highest BCUT2D eigenvalue weighted by atomic mass is 32.2. The molecule has 1 spiro atoms. The number of benzene rings is 1. The van der Waals surface area contributed by atoms with Crippen LogP contribution in [0.2, 0.25) is 0 Å². The molecule has 0 bridgehead atoms. The molecule has 0 aromatic heterocycles. The third-order valence-corrected chi connectivity index (χ3v) is 11.8. The SMILES string of the molecule is C=CC(=O)N1CCN(C2NC(OCC3CCCN3C)NC3C[C@@]4(CCC32)Cc2ccc(F)cc2CS4)CC1CC#N. The largest absolute Gasteiger partial charge is 0.348 e. The fourth-order valence-corrected chi connectivity index (χ4v) is 9.43. The van der Waals surface area contributed by atoms with Gasteiger partial charge in [-0.05, 0) is 81.5 Å². The topological polar surface area (TPSA) is 83.9 Å². The number of nitrogens with zero attached hydrogens (tertiary/aromatic N) is 4. The fraction of sp³-hybridized carbons (Fsp3) is 0.677. The van der Waals surface area contributed by atoms with E-state index >= 15 is 0 Å². The zero-order valence-corrected chi connectivity index (χ0v) is 24.9. The highest BCUT2D eigenvalue weighted by molar-refractivity contribution is 8.00. The Kier molecular flexibility index (Phi) is 8.74. The summed E-state index contributed by atoms with van der Waals surface area (Å²) in [4.78, 5) is 19.2. The monoisotopic (exact) mass is 582 g/mol. The second-order valence-electron chi connectivity index (χ2n) is 12.6. The molecule has 8 nitrogen and oxygen atoms in total. The molecule has 10 heteroatoms. The number of hydrogen-bond acceptors (Lipinski definition) is 8. The second-order valence-corrected chi connectivity index (χ2v) is 14.0. The highest BCUT2D eigenvalue weighted by Gasteiger charge is 2.50. The van der Waals surface area contributed by atoms with Crippen LogP contribution in [0.15, 0.2) is 30.9 Å². The van der Waals surface area contributed by atoms with Crippen molar-refractivity contribution in [3.8, 4) is 6.07 Å². The lowest BCUT2D eigenvalue weighted by atomic mass is 9.72. The predicted molar refractivity (Wildman–Crippen MR) is 158 cm³/mol. The van der Waals surface area contributed by atoms with E-state index in [1.807, 2.05) is 22.7 Å². The van der Waals surface area contributed by atoms with E-state index in [-0.39, 0.29) is 41.1 Å². The average Bonchev–Trinajstić information content (AvgIpc) is 3.39. The van der Waals surface area contributed by atoms with Crippen LogP contribution in [0.1, 0.15) is 49.7 Å². The van der Waals surface area contributed by atoms with Crippen LogP contribution in [-0.4, -0.2) is 95.8 Å². The first-order chi connectivity index (χ1) is 19.9. The van der Waals surface area contributed by atoms with Gasteiger partial charge in [0, 0.05) is 48.1 Å². The van der Waals surface area contributed by atoms with E-state index in [1.165, 1.54) is 18.1 Å². The summed E-state index contributed by atoms with van der Waals surface area (Å²) < 4.78 is 20.6. The van der Waals surface area contributed by atoms with Gasteiger partial charge in [0.1, 0.15) is 5.82 Å². The predicted octanol–water partition coefficient (Wildman–Crippen LogP) is 3.05. The third kappa shape index (κ3) is 6.08. The molecule has 4 fully saturated rings. The van der Waals surface area contributed by atoms with E-state index in [0.29, 0.717) is 38.1 Å². The van der Waals surface area contributed by atoms with Gasteiger partial charge in [0.15, 0.2) is 6.35 Å². The maximum absolute atomic E-state index is 13.9. The van der Waals surface area contributed by atoms with Crippen LogP contribution in [0.25, 0.3) is 0 Å². The number of piperazine rings is 1. The molecule has 6 rings (SSSR count). The molecule has 7 atom stereocenters. The van der Waals surface area contributed by atoms with Gasteiger partial charge in [-0.15, -0.1) is 11.8 Å². The molecule has 222 valence electrons. The number of nitrogens with one attached hydrogen (secondary N) is 2. The molecule has 1 aromatic carbocycles. The van der Waals surface area contributed by atoms with Crippen LogP contribution in [0.4, 0.5) is 4.39 Å². The summed E-state index contributed by atoms with van der Waals surface area (Å²) in [6, 6.07) is 8.15. The number of hydrogen-bond donors (Lipinski definition) is 2. The van der Waals surface area contributed by atoms with Crippen molar-refractivity contribution in [1.29, 1.82) is 5.26 Å². The maximum Gasteiger partial charge on any atom is 0.246 e. The Balaban J connectivity index is 1.20. The van der Waals surface area contributed by atoms with E-state index in [2.05, 4.69) is 40.1 Å². The van der Waals surface area contributed by atoms with Crippen LogP contribution in [-0.2, 0) is 21.7 Å². The van der Waals surface area contributed by atoms with E-state index in [4.69, 9.17) is 4.74 Å². The molecule has 5 aliphatic rings. The van der Waals surface area contributed by atoms with Crippen LogP contribution < -0.4 is 10.6 Å². The summed E-state index contributed by atoms with van der Waals surface area (Å²) in [5, 5.41) is 17.2. The maximum atomic E-state index is 13.9. The fourth-order valence-electron chi connectivity index (χ4n) is 7.88. The lowest BCUT2D eigenvalue weighted by molar-refractivity contribution is -0.135. The molecule has 1 saturated carbocycles. The first kappa shape index (κ1) is 29.1. The number of nitriles is 1. The summed E-state index contributed by atoms with van der Waals surface area (Å²) in [6.45, 7) is 7.47. The Bertz CT molecular complexity index is 1180. The second kappa shape index (κ2) is 12.3. The van der Waals surface area contributed by atoms with Crippen LogP contribution >= 0.6 is 11.8 Å². The molecule has 1 aliphatic carbocycles. The van der Waals surface area contributed by atoms with Crippen LogP contribution in [0.5, 0.6) is 0 Å². The van der Waals surface area contributed by atoms with Crippen molar-refractivity contribution in [2.24, 2.45) is 5.92 Å². The molecule has 0 radical (unpaired) electrons. The van der Waals surface area contributed by atoms with Crippen molar-refractivity contribution < 1.29 is 13.9 Å². The Morgan fingerprint density at radius 3 is 2.93 bits per heavy atom. The molecule has 1 amide bonds. The van der Waals surface area contributed by atoms with Crippen LogP contribution in [0, 0.1) is 23.1 Å². The number of likely N-dealkylation sites (tertiary alicyclic amines) is 1. The lowest BCUT2D eigenvalue weighted by Crippen LogP contribution is -2.73. The first-order valence-corrected chi connectivity index (χ1v) is 16.2. The summed E-state index contributed by atoms with van der Waals surface area (Å²) in [5.41, 5.74) is 2.42. The Morgan fingerprint density at radius 2 is 2.15 bits per heavy atom. The minimum Gasteiger partial charge on any atom is -0.348 e. The lowest BCUT2D eigenvalue weighted by Gasteiger charge is -2.56. The third-order valence-electron chi connectivity index (χ3n) is 10.2. The van der Waals surface area contributed by atoms with Gasteiger partial charge in [0.2, 0.25) is 5.91 Å². The van der Waals surface area contributed by atoms with Gasteiger partial charge < -0.3 is 14.5 Å². The minimum atomic E-state index is -0.261. The van der Waals surface area contributed by atoms with E-state index in [0.717, 1.165) is 56.5 Å². The van der Waals surface area contributed by atoms with Crippen molar-refractivity contribution in [1.82, 2.24) is 25.3 Å². The van der Waals surface area contributed by atoms with Crippen molar-refractivity contribution in [2.45, 2.75) is 86.1 Å². The van der Waals surface area contributed by atoms with Crippen LogP contribution in [0.3, 0.4) is 0 Å². The zero-order chi connectivity index (χ0) is 28.6. The quantitative estimate of drug-likeness (QED) is 0.496. The number of carbonyl (C=O) groups excluding carboxylic acids is 1. The van der Waals surface area contributed by atoms with Crippen molar-refractivity contribution in [3.05, 3.63) is 47.8 Å². The van der Waals surface area contributed by atoms with Gasteiger partial charge in [-0.2, -0.15) is 5.26 Å². The number of amides is 1. The van der Waals surface area contributed by atoms with E-state index < -0.39 is 0 Å². The van der Waals surface area contributed by atoms with Gasteiger partial charge in [0.25, 0.3) is 0 Å². The van der Waals surface area contributed by atoms with Gasteiger partial charge in [-0.1, -0.05) is 12.6 Å². The van der Waals surface area contributed by atoms with Crippen molar-refractivity contribution in [2.75, 3.05) is 39.8 Å². The molecule has 4 aliphatic heterocycles. The Hall–Kier alpha value is -2.00. The molecule has 4 heterocycles.